The van der Waals surface area contributed by atoms with Crippen molar-refractivity contribution in [2.45, 2.75) is 46.1 Å². The number of hydrogen-bond acceptors (Lipinski definition) is 3. The van der Waals surface area contributed by atoms with E-state index in [4.69, 9.17) is 4.74 Å². The van der Waals surface area contributed by atoms with Gasteiger partial charge in [-0.2, -0.15) is 0 Å². The molecule has 1 saturated heterocycles. The van der Waals surface area contributed by atoms with Gasteiger partial charge in [0.05, 0.1) is 19.3 Å². The number of hydrogen-bond donors (Lipinski definition) is 1. The third-order valence-corrected chi connectivity index (χ3v) is 5.09. The Bertz CT molecular complexity index is 491. The van der Waals surface area contributed by atoms with Gasteiger partial charge in [-0.3, -0.25) is 9.69 Å². The summed E-state index contributed by atoms with van der Waals surface area (Å²) in [6.45, 7) is 10.4. The van der Waals surface area contributed by atoms with Gasteiger partial charge in [-0.25, -0.2) is 0 Å². The first-order chi connectivity index (χ1) is 11.7. The van der Waals surface area contributed by atoms with E-state index in [1.165, 1.54) is 11.1 Å². The summed E-state index contributed by atoms with van der Waals surface area (Å²) in [4.78, 5) is 14.8. The minimum absolute atomic E-state index is 0.123. The molecular weight excluding hydrogens is 300 g/mol. The Morgan fingerprint density at radius 3 is 2.29 bits per heavy atom. The number of nitrogens with one attached hydrogen (secondary N) is 1. The number of nitrogens with zero attached hydrogens (tertiary/aromatic N) is 1. The second-order valence-corrected chi connectivity index (χ2v) is 6.52. The first-order valence-corrected chi connectivity index (χ1v) is 9.37. The molecule has 1 aliphatic heterocycles. The van der Waals surface area contributed by atoms with Crippen molar-refractivity contribution in [3.63, 3.8) is 0 Å². The van der Waals surface area contributed by atoms with Crippen LogP contribution in [0.4, 0.5) is 0 Å². The maximum Gasteiger partial charge on any atom is 0.223 e. The van der Waals surface area contributed by atoms with Crippen molar-refractivity contribution in [1.82, 2.24) is 10.2 Å². The smallest absolute Gasteiger partial charge is 0.223 e. The number of ether oxygens (including phenoxy) is 1. The van der Waals surface area contributed by atoms with Crippen molar-refractivity contribution >= 4 is 5.91 Å². The molecular formula is C20H32N2O2. The number of morpholine rings is 1. The topological polar surface area (TPSA) is 41.6 Å². The first kappa shape index (κ1) is 18.9. The molecule has 1 fully saturated rings. The number of aryl methyl sites for hydroxylation is 1. The average Bonchev–Trinajstić information content (AvgIpc) is 2.64. The fourth-order valence-electron chi connectivity index (χ4n) is 3.32. The van der Waals surface area contributed by atoms with Crippen LogP contribution in [-0.4, -0.2) is 43.7 Å². The van der Waals surface area contributed by atoms with Crippen molar-refractivity contribution in [2.24, 2.45) is 5.92 Å². The Labute approximate surface area is 146 Å². The Morgan fingerprint density at radius 2 is 1.75 bits per heavy atom. The van der Waals surface area contributed by atoms with Crippen LogP contribution >= 0.6 is 0 Å². The van der Waals surface area contributed by atoms with Crippen LogP contribution in [0.1, 0.15) is 50.8 Å². The second-order valence-electron chi connectivity index (χ2n) is 6.52. The van der Waals surface area contributed by atoms with E-state index in [2.05, 4.69) is 55.3 Å². The van der Waals surface area contributed by atoms with E-state index in [9.17, 15) is 4.79 Å². The zero-order chi connectivity index (χ0) is 17.4. The van der Waals surface area contributed by atoms with E-state index in [1.54, 1.807) is 0 Å². The molecule has 1 heterocycles. The van der Waals surface area contributed by atoms with Gasteiger partial charge < -0.3 is 10.1 Å². The normalized spacial score (nSPS) is 17.0. The monoisotopic (exact) mass is 332 g/mol. The lowest BCUT2D eigenvalue weighted by Crippen LogP contribution is -2.44. The minimum atomic E-state index is 0.123. The highest BCUT2D eigenvalue weighted by Crippen LogP contribution is 2.22. The number of carbonyl (C=O) groups excluding carboxylic acids is 1. The Hall–Kier alpha value is -1.39. The van der Waals surface area contributed by atoms with Crippen molar-refractivity contribution in [3.8, 4) is 0 Å². The van der Waals surface area contributed by atoms with Gasteiger partial charge in [0.25, 0.3) is 0 Å². The summed E-state index contributed by atoms with van der Waals surface area (Å²) in [5, 5.41) is 3.19. The van der Waals surface area contributed by atoms with Crippen LogP contribution in [-0.2, 0) is 16.0 Å². The van der Waals surface area contributed by atoms with E-state index in [0.717, 1.165) is 45.6 Å². The standard InChI is InChI=1S/C20H32N2O2/c1-4-16-7-9-18(10-8-16)19(22-11-13-24-14-12-22)15-21-20(23)17(5-2)6-3/h7-10,17,19H,4-6,11-15H2,1-3H3,(H,21,23). The highest BCUT2D eigenvalue weighted by Gasteiger charge is 2.24. The lowest BCUT2D eigenvalue weighted by Gasteiger charge is -2.35. The largest absolute Gasteiger partial charge is 0.379 e. The third kappa shape index (κ3) is 5.05. The highest BCUT2D eigenvalue weighted by atomic mass is 16.5. The Morgan fingerprint density at radius 1 is 1.12 bits per heavy atom. The molecule has 0 aromatic heterocycles. The summed E-state index contributed by atoms with van der Waals surface area (Å²) >= 11 is 0. The molecule has 1 aromatic rings. The van der Waals surface area contributed by atoms with Gasteiger partial charge in [-0.15, -0.1) is 0 Å². The van der Waals surface area contributed by atoms with Crippen molar-refractivity contribution in [1.29, 1.82) is 0 Å². The van der Waals surface area contributed by atoms with E-state index in [1.807, 2.05) is 0 Å². The molecule has 0 aliphatic carbocycles. The Kier molecular flexibility index (Phi) is 7.73. The lowest BCUT2D eigenvalue weighted by atomic mass is 10.00. The molecule has 2 rings (SSSR count). The molecule has 24 heavy (non-hydrogen) atoms. The number of carbonyl (C=O) groups is 1. The molecule has 1 aliphatic rings. The fourth-order valence-corrected chi connectivity index (χ4v) is 3.32. The molecule has 1 atom stereocenters. The summed E-state index contributed by atoms with van der Waals surface area (Å²) < 4.78 is 5.49. The summed E-state index contributed by atoms with van der Waals surface area (Å²) in [5.74, 6) is 0.307. The van der Waals surface area contributed by atoms with Gasteiger partial charge in [0.15, 0.2) is 0 Å². The van der Waals surface area contributed by atoms with Crippen LogP contribution in [0.5, 0.6) is 0 Å². The van der Waals surface area contributed by atoms with E-state index in [-0.39, 0.29) is 17.9 Å². The zero-order valence-electron chi connectivity index (χ0n) is 15.4. The predicted molar refractivity (Wildman–Crippen MR) is 98.0 cm³/mol. The molecule has 1 amide bonds. The van der Waals surface area contributed by atoms with E-state index in [0.29, 0.717) is 6.54 Å². The SMILES string of the molecule is CCc1ccc(C(CNC(=O)C(CC)CC)N2CCOCC2)cc1. The van der Waals surface area contributed by atoms with Crippen molar-refractivity contribution in [2.75, 3.05) is 32.8 Å². The highest BCUT2D eigenvalue weighted by molar-refractivity contribution is 5.78. The molecule has 134 valence electrons. The predicted octanol–water partition coefficient (Wildman–Crippen LogP) is 3.17. The van der Waals surface area contributed by atoms with Gasteiger partial charge in [-0.05, 0) is 30.4 Å². The number of amides is 1. The van der Waals surface area contributed by atoms with Crippen molar-refractivity contribution in [3.05, 3.63) is 35.4 Å². The molecule has 0 radical (unpaired) electrons. The quantitative estimate of drug-likeness (QED) is 0.795. The van der Waals surface area contributed by atoms with Gasteiger partial charge in [0, 0.05) is 25.6 Å². The van der Waals surface area contributed by atoms with Gasteiger partial charge in [-0.1, -0.05) is 45.0 Å². The summed E-state index contributed by atoms with van der Waals surface area (Å²) in [6, 6.07) is 9.04. The minimum Gasteiger partial charge on any atom is -0.379 e. The van der Waals surface area contributed by atoms with Crippen LogP contribution in [0.15, 0.2) is 24.3 Å². The molecule has 1 aromatic carbocycles. The first-order valence-electron chi connectivity index (χ1n) is 9.37. The van der Waals surface area contributed by atoms with Gasteiger partial charge in [0.1, 0.15) is 0 Å². The van der Waals surface area contributed by atoms with Crippen LogP contribution < -0.4 is 5.32 Å². The van der Waals surface area contributed by atoms with Crippen LogP contribution in [0.3, 0.4) is 0 Å². The van der Waals surface area contributed by atoms with Gasteiger partial charge in [0.2, 0.25) is 5.91 Å². The lowest BCUT2D eigenvalue weighted by molar-refractivity contribution is -0.125. The summed E-state index contributed by atoms with van der Waals surface area (Å²) in [6.07, 6.45) is 2.85. The van der Waals surface area contributed by atoms with Crippen LogP contribution in [0.25, 0.3) is 0 Å². The average molecular weight is 332 g/mol. The molecule has 1 unspecified atom stereocenters. The van der Waals surface area contributed by atoms with Crippen LogP contribution in [0.2, 0.25) is 0 Å². The number of benzene rings is 1. The number of rotatable bonds is 8. The zero-order valence-corrected chi connectivity index (χ0v) is 15.4. The molecule has 0 saturated carbocycles. The molecule has 4 heteroatoms. The summed E-state index contributed by atoms with van der Waals surface area (Å²) in [5.41, 5.74) is 2.62. The molecule has 4 nitrogen and oxygen atoms in total. The fraction of sp³-hybridized carbons (Fsp3) is 0.650. The van der Waals surface area contributed by atoms with Crippen LogP contribution in [0, 0.1) is 5.92 Å². The maximum atomic E-state index is 12.4. The van der Waals surface area contributed by atoms with E-state index < -0.39 is 0 Å². The second kappa shape index (κ2) is 9.80. The van der Waals surface area contributed by atoms with Crippen molar-refractivity contribution < 1.29 is 9.53 Å². The van der Waals surface area contributed by atoms with E-state index >= 15 is 0 Å². The summed E-state index contributed by atoms with van der Waals surface area (Å²) in [7, 11) is 0. The Balaban J connectivity index is 2.08. The third-order valence-electron chi connectivity index (χ3n) is 5.09. The molecule has 1 N–H and O–H groups in total. The van der Waals surface area contributed by atoms with Gasteiger partial charge >= 0.3 is 0 Å². The molecule has 0 bridgehead atoms. The maximum absolute atomic E-state index is 12.4. The molecule has 0 spiro atoms.